The third-order valence-corrected chi connectivity index (χ3v) is 3.43. The molecule has 0 saturated heterocycles. The summed E-state index contributed by atoms with van der Waals surface area (Å²) < 4.78 is 1.60. The molecule has 6 nitrogen and oxygen atoms in total. The second-order valence-corrected chi connectivity index (χ2v) is 4.84. The summed E-state index contributed by atoms with van der Waals surface area (Å²) in [4.78, 5) is 15.9. The molecule has 2 aromatic heterocycles. The number of rotatable bonds is 4. The zero-order chi connectivity index (χ0) is 15.5. The van der Waals surface area contributed by atoms with E-state index in [1.54, 1.807) is 29.2 Å². The molecule has 0 aliphatic rings. The average molecular weight is 314 g/mol. The van der Waals surface area contributed by atoms with E-state index >= 15 is 0 Å². The number of benzene rings is 1. The Morgan fingerprint density at radius 1 is 1.23 bits per heavy atom. The van der Waals surface area contributed by atoms with Crippen LogP contribution >= 0.6 is 11.6 Å². The van der Waals surface area contributed by atoms with Crippen molar-refractivity contribution in [1.29, 1.82) is 0 Å². The first-order valence-electron chi connectivity index (χ1n) is 6.52. The maximum atomic E-state index is 11.6. The number of amides is 1. The first kappa shape index (κ1) is 14.2. The lowest BCUT2D eigenvalue weighted by molar-refractivity contribution is 0.100. The van der Waals surface area contributed by atoms with Crippen molar-refractivity contribution in [3.8, 4) is 16.9 Å². The molecule has 0 atom stereocenters. The van der Waals surface area contributed by atoms with Gasteiger partial charge in [-0.15, -0.1) is 16.7 Å². The molecule has 7 heteroatoms. The summed E-state index contributed by atoms with van der Waals surface area (Å²) in [5, 5.41) is 8.03. The van der Waals surface area contributed by atoms with Gasteiger partial charge in [-0.1, -0.05) is 23.4 Å². The van der Waals surface area contributed by atoms with Gasteiger partial charge in [0.05, 0.1) is 34.7 Å². The zero-order valence-corrected chi connectivity index (χ0v) is 12.2. The fraction of sp³-hybridized carbons (Fsp3) is 0.0667. The minimum Gasteiger partial charge on any atom is -0.366 e. The molecule has 0 saturated carbocycles. The number of primary amides is 1. The smallest absolute Gasteiger partial charge is 0.250 e. The van der Waals surface area contributed by atoms with Crippen molar-refractivity contribution < 1.29 is 4.79 Å². The first-order chi connectivity index (χ1) is 10.7. The van der Waals surface area contributed by atoms with Crippen molar-refractivity contribution in [1.82, 2.24) is 20.0 Å². The van der Waals surface area contributed by atoms with Crippen LogP contribution in [-0.4, -0.2) is 25.9 Å². The lowest BCUT2D eigenvalue weighted by Gasteiger charge is -2.10. The molecule has 22 heavy (non-hydrogen) atoms. The standard InChI is InChI=1S/C15H12ClN5O/c16-8-10-9-21(20-19-10)13-6-2-1-4-11(13)14-12(15(17)22)5-3-7-18-14/h1-7,9H,8H2,(H2,17,22). The van der Waals surface area contributed by atoms with Gasteiger partial charge in [-0.3, -0.25) is 9.78 Å². The lowest BCUT2D eigenvalue weighted by atomic mass is 10.0. The summed E-state index contributed by atoms with van der Waals surface area (Å²) in [5.74, 6) is -0.254. The van der Waals surface area contributed by atoms with E-state index in [4.69, 9.17) is 17.3 Å². The highest BCUT2D eigenvalue weighted by Gasteiger charge is 2.15. The van der Waals surface area contributed by atoms with Crippen LogP contribution in [0.5, 0.6) is 0 Å². The van der Waals surface area contributed by atoms with Crippen molar-refractivity contribution in [2.45, 2.75) is 5.88 Å². The SMILES string of the molecule is NC(=O)c1cccnc1-c1ccccc1-n1cc(CCl)nn1. The summed E-state index contributed by atoms with van der Waals surface area (Å²) in [6.07, 6.45) is 3.35. The van der Waals surface area contributed by atoms with Gasteiger partial charge in [0.15, 0.2) is 0 Å². The molecule has 0 radical (unpaired) electrons. The molecular weight excluding hydrogens is 302 g/mol. The van der Waals surface area contributed by atoms with E-state index in [-0.39, 0.29) is 5.88 Å². The van der Waals surface area contributed by atoms with Crippen LogP contribution in [0, 0.1) is 0 Å². The minimum atomic E-state index is -0.530. The molecule has 0 unspecified atom stereocenters. The predicted molar refractivity (Wildman–Crippen MR) is 82.7 cm³/mol. The summed E-state index contributed by atoms with van der Waals surface area (Å²) in [7, 11) is 0. The Labute approximate surface area is 131 Å². The van der Waals surface area contributed by atoms with E-state index in [1.165, 1.54) is 0 Å². The zero-order valence-electron chi connectivity index (χ0n) is 11.5. The number of pyridine rings is 1. The Morgan fingerprint density at radius 2 is 2.05 bits per heavy atom. The van der Waals surface area contributed by atoms with E-state index in [0.29, 0.717) is 17.0 Å². The quantitative estimate of drug-likeness (QED) is 0.748. The van der Waals surface area contributed by atoms with Crippen LogP contribution in [0.15, 0.2) is 48.8 Å². The predicted octanol–water partition coefficient (Wildman–Crippen LogP) is 2.17. The molecule has 0 aliphatic carbocycles. The van der Waals surface area contributed by atoms with Crippen molar-refractivity contribution >= 4 is 17.5 Å². The Hall–Kier alpha value is -2.73. The van der Waals surface area contributed by atoms with E-state index < -0.39 is 5.91 Å². The van der Waals surface area contributed by atoms with E-state index in [0.717, 1.165) is 11.3 Å². The Balaban J connectivity index is 2.19. The van der Waals surface area contributed by atoms with Crippen molar-refractivity contribution in [3.05, 3.63) is 60.0 Å². The number of carbonyl (C=O) groups is 1. The van der Waals surface area contributed by atoms with Crippen molar-refractivity contribution in [3.63, 3.8) is 0 Å². The Morgan fingerprint density at radius 3 is 2.77 bits per heavy atom. The maximum Gasteiger partial charge on any atom is 0.250 e. The van der Waals surface area contributed by atoms with E-state index in [1.807, 2.05) is 24.3 Å². The molecule has 2 heterocycles. The highest BCUT2D eigenvalue weighted by molar-refractivity contribution is 6.16. The summed E-state index contributed by atoms with van der Waals surface area (Å²) in [6, 6.07) is 10.8. The lowest BCUT2D eigenvalue weighted by Crippen LogP contribution is -2.13. The molecule has 0 aliphatic heterocycles. The van der Waals surface area contributed by atoms with Gasteiger partial charge in [0, 0.05) is 11.8 Å². The van der Waals surface area contributed by atoms with Crippen LogP contribution in [0.4, 0.5) is 0 Å². The topological polar surface area (TPSA) is 86.7 Å². The maximum absolute atomic E-state index is 11.6. The molecule has 1 aromatic carbocycles. The van der Waals surface area contributed by atoms with Gasteiger partial charge >= 0.3 is 0 Å². The van der Waals surface area contributed by atoms with Crippen molar-refractivity contribution in [2.75, 3.05) is 0 Å². The van der Waals surface area contributed by atoms with Gasteiger partial charge in [-0.25, -0.2) is 4.68 Å². The number of aromatic nitrogens is 4. The van der Waals surface area contributed by atoms with Crippen LogP contribution in [0.2, 0.25) is 0 Å². The van der Waals surface area contributed by atoms with Gasteiger partial charge in [0.2, 0.25) is 0 Å². The van der Waals surface area contributed by atoms with E-state index in [2.05, 4.69) is 15.3 Å². The van der Waals surface area contributed by atoms with Crippen LogP contribution in [0.1, 0.15) is 16.1 Å². The second kappa shape index (κ2) is 5.95. The number of carbonyl (C=O) groups excluding carboxylic acids is 1. The normalized spacial score (nSPS) is 10.6. The summed E-state index contributed by atoms with van der Waals surface area (Å²) in [5.41, 5.74) is 8.44. The van der Waals surface area contributed by atoms with Crippen LogP contribution in [0.3, 0.4) is 0 Å². The monoisotopic (exact) mass is 313 g/mol. The fourth-order valence-corrected chi connectivity index (χ4v) is 2.29. The molecule has 1 amide bonds. The van der Waals surface area contributed by atoms with Gasteiger partial charge < -0.3 is 5.73 Å². The Bertz CT molecular complexity index is 830. The molecule has 2 N–H and O–H groups in total. The largest absolute Gasteiger partial charge is 0.366 e. The average Bonchev–Trinajstić information content (AvgIpc) is 3.04. The van der Waals surface area contributed by atoms with Gasteiger partial charge in [-0.2, -0.15) is 0 Å². The third-order valence-electron chi connectivity index (χ3n) is 3.16. The molecule has 3 aromatic rings. The Kier molecular flexibility index (Phi) is 3.84. The number of halogens is 1. The van der Waals surface area contributed by atoms with Crippen molar-refractivity contribution in [2.24, 2.45) is 5.73 Å². The second-order valence-electron chi connectivity index (χ2n) is 4.57. The summed E-state index contributed by atoms with van der Waals surface area (Å²) >= 11 is 5.76. The van der Waals surface area contributed by atoms with Gasteiger partial charge in [0.1, 0.15) is 0 Å². The fourth-order valence-electron chi connectivity index (χ4n) is 2.17. The number of alkyl halides is 1. The van der Waals surface area contributed by atoms with E-state index in [9.17, 15) is 4.79 Å². The number of hydrogen-bond acceptors (Lipinski definition) is 4. The third kappa shape index (κ3) is 2.56. The number of para-hydroxylation sites is 1. The molecular formula is C15H12ClN5O. The van der Waals surface area contributed by atoms with Gasteiger partial charge in [-0.05, 0) is 18.2 Å². The molecule has 0 bridgehead atoms. The molecule has 0 spiro atoms. The molecule has 0 fully saturated rings. The molecule has 110 valence electrons. The minimum absolute atomic E-state index is 0.276. The highest BCUT2D eigenvalue weighted by atomic mass is 35.5. The van der Waals surface area contributed by atoms with Gasteiger partial charge in [0.25, 0.3) is 5.91 Å². The number of nitrogens with two attached hydrogens (primary N) is 1. The first-order valence-corrected chi connectivity index (χ1v) is 7.06. The highest BCUT2D eigenvalue weighted by Crippen LogP contribution is 2.27. The number of hydrogen-bond donors (Lipinski definition) is 1. The van der Waals surface area contributed by atoms with Crippen LogP contribution in [0.25, 0.3) is 16.9 Å². The molecule has 3 rings (SSSR count). The van der Waals surface area contributed by atoms with Crippen LogP contribution in [-0.2, 0) is 5.88 Å². The number of nitrogens with zero attached hydrogens (tertiary/aromatic N) is 4. The summed E-state index contributed by atoms with van der Waals surface area (Å²) in [6.45, 7) is 0. The van der Waals surface area contributed by atoms with Crippen LogP contribution < -0.4 is 5.73 Å².